The first-order chi connectivity index (χ1) is 9.17. The zero-order valence-electron chi connectivity index (χ0n) is 11.7. The Morgan fingerprint density at radius 3 is 2.53 bits per heavy atom. The maximum atomic E-state index is 6.17. The predicted octanol–water partition coefficient (Wildman–Crippen LogP) is 2.39. The van der Waals surface area contributed by atoms with Crippen LogP contribution in [0.15, 0.2) is 36.7 Å². The number of aryl methyl sites for hydroxylation is 1. The summed E-state index contributed by atoms with van der Waals surface area (Å²) in [4.78, 5) is 4.38. The van der Waals surface area contributed by atoms with Gasteiger partial charge >= 0.3 is 0 Å². The lowest BCUT2D eigenvalue weighted by Crippen LogP contribution is -2.30. The maximum absolute atomic E-state index is 6.17. The van der Waals surface area contributed by atoms with E-state index in [1.165, 1.54) is 5.56 Å². The molecule has 1 aromatic heterocycles. The zero-order chi connectivity index (χ0) is 13.8. The lowest BCUT2D eigenvalue weighted by atomic mass is 10.0. The molecule has 102 valence electrons. The summed E-state index contributed by atoms with van der Waals surface area (Å²) in [5, 5.41) is 0. The topological polar surface area (TPSA) is 53.1 Å². The van der Waals surface area contributed by atoms with E-state index >= 15 is 0 Å². The Morgan fingerprint density at radius 1 is 1.32 bits per heavy atom. The largest absolute Gasteiger partial charge is 0.497 e. The van der Waals surface area contributed by atoms with Crippen LogP contribution in [0.3, 0.4) is 0 Å². The van der Waals surface area contributed by atoms with Gasteiger partial charge in [-0.1, -0.05) is 19.1 Å². The minimum absolute atomic E-state index is 0.00731. The maximum Gasteiger partial charge on any atom is 0.118 e. The predicted molar refractivity (Wildman–Crippen MR) is 76.4 cm³/mol. The number of hydrogen-bond acceptors (Lipinski definition) is 3. The van der Waals surface area contributed by atoms with Crippen molar-refractivity contribution in [2.24, 2.45) is 5.73 Å². The lowest BCUT2D eigenvalue weighted by Gasteiger charge is -2.25. The van der Waals surface area contributed by atoms with Crippen molar-refractivity contribution in [2.75, 3.05) is 7.11 Å². The number of rotatable bonds is 5. The molecular weight excluding hydrogens is 238 g/mol. The van der Waals surface area contributed by atoms with Crippen LogP contribution in [0.25, 0.3) is 0 Å². The van der Waals surface area contributed by atoms with Crippen molar-refractivity contribution in [3.63, 3.8) is 0 Å². The van der Waals surface area contributed by atoms with Crippen molar-refractivity contribution in [1.29, 1.82) is 0 Å². The Balaban J connectivity index is 2.39. The Bertz CT molecular complexity index is 516. The van der Waals surface area contributed by atoms with Crippen LogP contribution in [-0.2, 0) is 6.42 Å². The number of benzene rings is 1. The Labute approximate surface area is 114 Å². The number of nitrogens with zero attached hydrogens (tertiary/aromatic N) is 2. The number of nitrogens with two attached hydrogens (primary N) is 1. The zero-order valence-corrected chi connectivity index (χ0v) is 11.7. The molecule has 2 unspecified atom stereocenters. The third-order valence-electron chi connectivity index (χ3n) is 3.32. The number of aromatic nitrogens is 2. The van der Waals surface area contributed by atoms with Gasteiger partial charge in [0.15, 0.2) is 0 Å². The molecule has 4 nitrogen and oxygen atoms in total. The van der Waals surface area contributed by atoms with Gasteiger partial charge < -0.3 is 15.0 Å². The van der Waals surface area contributed by atoms with Crippen LogP contribution in [0.1, 0.15) is 31.3 Å². The summed E-state index contributed by atoms with van der Waals surface area (Å²) in [5.74, 6) is 1.91. The summed E-state index contributed by atoms with van der Waals surface area (Å²) >= 11 is 0. The van der Waals surface area contributed by atoms with E-state index in [9.17, 15) is 0 Å². The summed E-state index contributed by atoms with van der Waals surface area (Å²) in [6, 6.07) is 8.16. The van der Waals surface area contributed by atoms with Crippen LogP contribution in [0.5, 0.6) is 5.75 Å². The van der Waals surface area contributed by atoms with Crippen molar-refractivity contribution in [3.8, 4) is 5.75 Å². The highest BCUT2D eigenvalue weighted by atomic mass is 16.5. The molecule has 2 atom stereocenters. The minimum atomic E-state index is 0.00731. The SMILES string of the molecule is CCc1nccn1C(c1ccc(OC)cc1)C(C)N. The molecule has 0 amide bonds. The summed E-state index contributed by atoms with van der Waals surface area (Å²) in [6.07, 6.45) is 4.72. The van der Waals surface area contributed by atoms with Gasteiger partial charge in [-0.15, -0.1) is 0 Å². The second kappa shape index (κ2) is 5.89. The number of hydrogen-bond donors (Lipinski definition) is 1. The Kier molecular flexibility index (Phi) is 4.22. The Hall–Kier alpha value is -1.81. The van der Waals surface area contributed by atoms with E-state index in [4.69, 9.17) is 10.5 Å². The summed E-state index contributed by atoms with van der Waals surface area (Å²) < 4.78 is 7.35. The van der Waals surface area contributed by atoms with Crippen molar-refractivity contribution >= 4 is 0 Å². The van der Waals surface area contributed by atoms with Gasteiger partial charge in [-0.3, -0.25) is 0 Å². The second-order valence-corrected chi connectivity index (χ2v) is 4.68. The average molecular weight is 259 g/mol. The van der Waals surface area contributed by atoms with Crippen LogP contribution in [0.2, 0.25) is 0 Å². The average Bonchev–Trinajstić information content (AvgIpc) is 2.87. The van der Waals surface area contributed by atoms with E-state index < -0.39 is 0 Å². The molecule has 1 heterocycles. The molecule has 2 rings (SSSR count). The molecule has 0 aliphatic heterocycles. The molecule has 0 saturated carbocycles. The van der Waals surface area contributed by atoms with Gasteiger partial charge in [-0.2, -0.15) is 0 Å². The van der Waals surface area contributed by atoms with E-state index in [0.717, 1.165) is 18.0 Å². The minimum Gasteiger partial charge on any atom is -0.497 e. The Morgan fingerprint density at radius 2 is 2.00 bits per heavy atom. The number of ether oxygens (including phenoxy) is 1. The first-order valence-electron chi connectivity index (χ1n) is 6.58. The molecule has 4 heteroatoms. The highest BCUT2D eigenvalue weighted by Crippen LogP contribution is 2.25. The molecule has 19 heavy (non-hydrogen) atoms. The fourth-order valence-electron chi connectivity index (χ4n) is 2.39. The van der Waals surface area contributed by atoms with Gasteiger partial charge in [-0.05, 0) is 24.6 Å². The molecule has 0 aliphatic carbocycles. The summed E-state index contributed by atoms with van der Waals surface area (Å²) in [6.45, 7) is 4.12. The fraction of sp³-hybridized carbons (Fsp3) is 0.400. The van der Waals surface area contributed by atoms with Crippen LogP contribution >= 0.6 is 0 Å². The van der Waals surface area contributed by atoms with Gasteiger partial charge in [0.05, 0.1) is 13.2 Å². The third-order valence-corrected chi connectivity index (χ3v) is 3.32. The molecular formula is C15H21N3O. The van der Waals surface area contributed by atoms with Gasteiger partial charge in [-0.25, -0.2) is 4.98 Å². The molecule has 2 aromatic rings. The summed E-state index contributed by atoms with van der Waals surface area (Å²) in [5.41, 5.74) is 7.34. The number of methoxy groups -OCH3 is 1. The molecule has 1 aromatic carbocycles. The van der Waals surface area contributed by atoms with Crippen molar-refractivity contribution in [1.82, 2.24) is 9.55 Å². The smallest absolute Gasteiger partial charge is 0.118 e. The molecule has 0 bridgehead atoms. The van der Waals surface area contributed by atoms with E-state index in [-0.39, 0.29) is 12.1 Å². The van der Waals surface area contributed by atoms with Gasteiger partial charge in [0, 0.05) is 24.9 Å². The number of imidazole rings is 1. The standard InChI is InChI=1S/C15H21N3O/c1-4-14-17-9-10-18(14)15(11(2)16)12-5-7-13(19-3)8-6-12/h5-11,15H,4,16H2,1-3H3. The van der Waals surface area contributed by atoms with Crippen LogP contribution in [0, 0.1) is 0 Å². The van der Waals surface area contributed by atoms with Gasteiger partial charge in [0.25, 0.3) is 0 Å². The van der Waals surface area contributed by atoms with E-state index in [1.54, 1.807) is 7.11 Å². The normalized spacial score (nSPS) is 14.1. The van der Waals surface area contributed by atoms with E-state index in [2.05, 4.69) is 28.6 Å². The van der Waals surface area contributed by atoms with Gasteiger partial charge in [0.1, 0.15) is 11.6 Å². The molecule has 0 saturated heterocycles. The first-order valence-corrected chi connectivity index (χ1v) is 6.58. The first kappa shape index (κ1) is 13.6. The van der Waals surface area contributed by atoms with Crippen LogP contribution in [-0.4, -0.2) is 22.7 Å². The molecule has 2 N–H and O–H groups in total. The van der Waals surface area contributed by atoms with E-state index in [1.807, 2.05) is 31.5 Å². The van der Waals surface area contributed by atoms with Crippen molar-refractivity contribution < 1.29 is 4.74 Å². The summed E-state index contributed by atoms with van der Waals surface area (Å²) in [7, 11) is 1.67. The van der Waals surface area contributed by atoms with Crippen LogP contribution < -0.4 is 10.5 Å². The third kappa shape index (κ3) is 2.79. The molecule has 0 spiro atoms. The molecule has 0 aliphatic rings. The highest BCUT2D eigenvalue weighted by molar-refractivity contribution is 5.30. The van der Waals surface area contributed by atoms with Crippen LogP contribution in [0.4, 0.5) is 0 Å². The molecule has 0 fully saturated rings. The van der Waals surface area contributed by atoms with Crippen molar-refractivity contribution in [2.45, 2.75) is 32.4 Å². The van der Waals surface area contributed by atoms with Gasteiger partial charge in [0.2, 0.25) is 0 Å². The highest BCUT2D eigenvalue weighted by Gasteiger charge is 2.20. The second-order valence-electron chi connectivity index (χ2n) is 4.68. The molecule has 0 radical (unpaired) electrons. The lowest BCUT2D eigenvalue weighted by molar-refractivity contribution is 0.413. The quantitative estimate of drug-likeness (QED) is 0.897. The monoisotopic (exact) mass is 259 g/mol. The van der Waals surface area contributed by atoms with E-state index in [0.29, 0.717) is 0 Å². The fourth-order valence-corrected chi connectivity index (χ4v) is 2.39. The van der Waals surface area contributed by atoms with Crippen molar-refractivity contribution in [3.05, 3.63) is 48.0 Å².